The van der Waals surface area contributed by atoms with Crippen molar-refractivity contribution in [2.45, 2.75) is 51.0 Å². The van der Waals surface area contributed by atoms with E-state index in [0.29, 0.717) is 36.2 Å². The summed E-state index contributed by atoms with van der Waals surface area (Å²) in [5, 5.41) is 5.45. The fourth-order valence-corrected chi connectivity index (χ4v) is 4.82. The Hall–Kier alpha value is -2.78. The number of anilines is 2. The molecule has 0 spiro atoms. The molecule has 0 aromatic heterocycles. The van der Waals surface area contributed by atoms with Crippen LogP contribution in [-0.2, 0) is 26.0 Å². The number of nitrogens with one attached hydrogen (secondary N) is 3. The minimum Gasteiger partial charge on any atom is -0.326 e. The van der Waals surface area contributed by atoms with E-state index in [1.165, 1.54) is 30.3 Å². The molecule has 0 saturated heterocycles. The van der Waals surface area contributed by atoms with Gasteiger partial charge in [0.05, 0.1) is 4.90 Å². The SMILES string of the molecule is Cc1cc(F)ccc1NC(=O)[C@H](NS(=O)(=O)c1ccc2c(c1)CCCC(=O)N2)C(C)C. The molecule has 7 nitrogen and oxygen atoms in total. The molecule has 1 atom stereocenters. The second-order valence-corrected chi connectivity index (χ2v) is 9.73. The van der Waals surface area contributed by atoms with Gasteiger partial charge in [-0.2, -0.15) is 4.72 Å². The Labute approximate surface area is 181 Å². The standard InChI is InChI=1S/C22H26FN3O4S/c1-13(2)21(22(28)25-18-9-7-16(23)11-14(18)3)26-31(29,30)17-8-10-19-15(12-17)5-4-6-20(27)24-19/h7-13,21,26H,4-6H2,1-3H3,(H,24,27)(H,25,28)/t21-/m1/s1. The average Bonchev–Trinajstić information content (AvgIpc) is 2.87. The molecule has 0 aliphatic carbocycles. The summed E-state index contributed by atoms with van der Waals surface area (Å²) in [7, 11) is -4.00. The van der Waals surface area contributed by atoms with Crippen LogP contribution in [0.5, 0.6) is 0 Å². The van der Waals surface area contributed by atoms with Gasteiger partial charge < -0.3 is 10.6 Å². The van der Waals surface area contributed by atoms with Gasteiger partial charge in [0.25, 0.3) is 0 Å². The Morgan fingerprint density at radius 2 is 1.87 bits per heavy atom. The van der Waals surface area contributed by atoms with Crippen molar-refractivity contribution in [2.24, 2.45) is 5.92 Å². The molecule has 31 heavy (non-hydrogen) atoms. The molecule has 2 amide bonds. The third kappa shape index (κ3) is 5.48. The molecule has 3 rings (SSSR count). The fraction of sp³-hybridized carbons (Fsp3) is 0.364. The maximum absolute atomic E-state index is 13.3. The first-order valence-corrected chi connectivity index (χ1v) is 11.6. The first kappa shape index (κ1) is 22.9. The van der Waals surface area contributed by atoms with E-state index in [4.69, 9.17) is 0 Å². The summed E-state index contributed by atoms with van der Waals surface area (Å²) in [5.74, 6) is -1.39. The lowest BCUT2D eigenvalue weighted by Gasteiger charge is -2.22. The molecular weight excluding hydrogens is 421 g/mol. The van der Waals surface area contributed by atoms with E-state index in [2.05, 4.69) is 15.4 Å². The van der Waals surface area contributed by atoms with E-state index < -0.39 is 27.8 Å². The van der Waals surface area contributed by atoms with E-state index in [-0.39, 0.29) is 16.7 Å². The van der Waals surface area contributed by atoms with Crippen molar-refractivity contribution in [1.29, 1.82) is 0 Å². The van der Waals surface area contributed by atoms with Gasteiger partial charge in [-0.3, -0.25) is 9.59 Å². The number of hydrogen-bond acceptors (Lipinski definition) is 4. The van der Waals surface area contributed by atoms with Gasteiger partial charge in [-0.05, 0) is 73.2 Å². The molecular formula is C22H26FN3O4S. The first-order valence-electron chi connectivity index (χ1n) is 10.1. The Balaban J connectivity index is 1.82. The van der Waals surface area contributed by atoms with E-state index in [0.717, 1.165) is 5.56 Å². The lowest BCUT2D eigenvalue weighted by Crippen LogP contribution is -2.47. The maximum atomic E-state index is 13.3. The van der Waals surface area contributed by atoms with Crippen LogP contribution < -0.4 is 15.4 Å². The molecule has 2 aromatic rings. The van der Waals surface area contributed by atoms with E-state index in [1.807, 2.05) is 0 Å². The van der Waals surface area contributed by atoms with Crippen LogP contribution in [0.2, 0.25) is 0 Å². The second kappa shape index (κ2) is 9.15. The number of amides is 2. The number of aryl methyl sites for hydroxylation is 2. The first-order chi connectivity index (χ1) is 14.6. The highest BCUT2D eigenvalue weighted by atomic mass is 32.2. The summed E-state index contributed by atoms with van der Waals surface area (Å²) < 4.78 is 41.9. The predicted octanol–water partition coefficient (Wildman–Crippen LogP) is 3.35. The summed E-state index contributed by atoms with van der Waals surface area (Å²) in [4.78, 5) is 24.6. The monoisotopic (exact) mass is 447 g/mol. The van der Waals surface area contributed by atoms with Gasteiger partial charge >= 0.3 is 0 Å². The smallest absolute Gasteiger partial charge is 0.242 e. The number of hydrogen-bond donors (Lipinski definition) is 3. The molecule has 1 heterocycles. The molecule has 3 N–H and O–H groups in total. The van der Waals surface area contributed by atoms with Crippen LogP contribution in [-0.4, -0.2) is 26.3 Å². The zero-order valence-electron chi connectivity index (χ0n) is 17.7. The lowest BCUT2D eigenvalue weighted by molar-refractivity contribution is -0.118. The zero-order valence-corrected chi connectivity index (χ0v) is 18.5. The van der Waals surface area contributed by atoms with Crippen LogP contribution in [0.15, 0.2) is 41.3 Å². The molecule has 0 fully saturated rings. The van der Waals surface area contributed by atoms with Crippen LogP contribution in [0.25, 0.3) is 0 Å². The highest BCUT2D eigenvalue weighted by molar-refractivity contribution is 7.89. The quantitative estimate of drug-likeness (QED) is 0.632. The minimum absolute atomic E-state index is 0.0267. The van der Waals surface area contributed by atoms with Crippen molar-refractivity contribution < 1.29 is 22.4 Å². The topological polar surface area (TPSA) is 104 Å². The summed E-state index contributed by atoms with van der Waals surface area (Å²) in [6.45, 7) is 5.12. The fourth-order valence-electron chi connectivity index (χ4n) is 3.42. The number of rotatable bonds is 6. The molecule has 9 heteroatoms. The Morgan fingerprint density at radius 1 is 1.13 bits per heavy atom. The summed E-state index contributed by atoms with van der Waals surface area (Å²) in [5.41, 5.74) is 2.29. The molecule has 1 aliphatic heterocycles. The summed E-state index contributed by atoms with van der Waals surface area (Å²) in [6.07, 6.45) is 1.59. The van der Waals surface area contributed by atoms with Crippen molar-refractivity contribution in [3.63, 3.8) is 0 Å². The van der Waals surface area contributed by atoms with Crippen LogP contribution in [0.3, 0.4) is 0 Å². The van der Waals surface area contributed by atoms with Crippen LogP contribution >= 0.6 is 0 Å². The molecule has 1 aliphatic rings. The predicted molar refractivity (Wildman–Crippen MR) is 117 cm³/mol. The summed E-state index contributed by atoms with van der Waals surface area (Å²) >= 11 is 0. The van der Waals surface area contributed by atoms with Crippen LogP contribution in [0, 0.1) is 18.7 Å². The van der Waals surface area contributed by atoms with E-state index >= 15 is 0 Å². The third-order valence-electron chi connectivity index (χ3n) is 5.19. The van der Waals surface area contributed by atoms with Crippen LogP contribution in [0.1, 0.15) is 37.8 Å². The Bertz CT molecular complexity index is 1120. The number of halogens is 1. The van der Waals surface area contributed by atoms with Crippen molar-refractivity contribution >= 4 is 33.2 Å². The van der Waals surface area contributed by atoms with Gasteiger partial charge in [-0.15, -0.1) is 0 Å². The third-order valence-corrected chi connectivity index (χ3v) is 6.63. The maximum Gasteiger partial charge on any atom is 0.242 e. The molecule has 0 saturated carbocycles. The van der Waals surface area contributed by atoms with Crippen molar-refractivity contribution in [3.05, 3.63) is 53.3 Å². The van der Waals surface area contributed by atoms with E-state index in [9.17, 15) is 22.4 Å². The van der Waals surface area contributed by atoms with Gasteiger partial charge in [0, 0.05) is 17.8 Å². The van der Waals surface area contributed by atoms with Gasteiger partial charge in [-0.25, -0.2) is 12.8 Å². The number of carbonyl (C=O) groups excluding carboxylic acids is 2. The van der Waals surface area contributed by atoms with Gasteiger partial charge in [-0.1, -0.05) is 13.8 Å². The number of sulfonamides is 1. The summed E-state index contributed by atoms with van der Waals surface area (Å²) in [6, 6.07) is 7.43. The second-order valence-electron chi connectivity index (χ2n) is 8.01. The van der Waals surface area contributed by atoms with Crippen molar-refractivity contribution in [2.75, 3.05) is 10.6 Å². The highest BCUT2D eigenvalue weighted by Crippen LogP contribution is 2.26. The molecule has 0 bridgehead atoms. The zero-order chi connectivity index (χ0) is 22.8. The normalized spacial score (nSPS) is 15.1. The molecule has 0 radical (unpaired) electrons. The lowest BCUT2D eigenvalue weighted by atomic mass is 10.0. The molecule has 0 unspecified atom stereocenters. The van der Waals surface area contributed by atoms with Crippen molar-refractivity contribution in [1.82, 2.24) is 4.72 Å². The molecule has 166 valence electrons. The average molecular weight is 448 g/mol. The number of fused-ring (bicyclic) bond motifs is 1. The van der Waals surface area contributed by atoms with Gasteiger partial charge in [0.1, 0.15) is 11.9 Å². The van der Waals surface area contributed by atoms with Gasteiger partial charge in [0.2, 0.25) is 21.8 Å². The number of carbonyl (C=O) groups is 2. The minimum atomic E-state index is -4.00. The Morgan fingerprint density at radius 3 is 2.55 bits per heavy atom. The largest absolute Gasteiger partial charge is 0.326 e. The highest BCUT2D eigenvalue weighted by Gasteiger charge is 2.29. The van der Waals surface area contributed by atoms with Gasteiger partial charge in [0.15, 0.2) is 0 Å². The van der Waals surface area contributed by atoms with E-state index in [1.54, 1.807) is 26.8 Å². The Kier molecular flexibility index (Phi) is 6.76. The van der Waals surface area contributed by atoms with Crippen LogP contribution in [0.4, 0.5) is 15.8 Å². The van der Waals surface area contributed by atoms with Crippen molar-refractivity contribution in [3.8, 4) is 0 Å². The number of benzene rings is 2. The molecule has 2 aromatic carbocycles.